The Labute approximate surface area is 127 Å². The van der Waals surface area contributed by atoms with E-state index < -0.39 is 10.0 Å². The van der Waals surface area contributed by atoms with Crippen LogP contribution in [-0.4, -0.2) is 35.9 Å². The van der Waals surface area contributed by atoms with Crippen LogP contribution in [0.4, 0.5) is 0 Å². The molecule has 3 rings (SSSR count). The molecule has 1 N–H and O–H groups in total. The molecule has 2 unspecified atom stereocenters. The van der Waals surface area contributed by atoms with E-state index in [-0.39, 0.29) is 6.04 Å². The van der Waals surface area contributed by atoms with Gasteiger partial charge in [-0.1, -0.05) is 13.8 Å². The van der Waals surface area contributed by atoms with Crippen molar-refractivity contribution in [3.05, 3.63) is 18.0 Å². The SMILES string of the molecule is CC(C)NCc1cc(S(=O)(=O)N2CC3CCC2C3)cn1C. The van der Waals surface area contributed by atoms with Gasteiger partial charge in [-0.15, -0.1) is 0 Å². The fraction of sp³-hybridized carbons (Fsp3) is 0.733. The smallest absolute Gasteiger partial charge is 0.244 e. The molecule has 2 heterocycles. The van der Waals surface area contributed by atoms with Crippen LogP contribution in [0.1, 0.15) is 38.8 Å². The highest BCUT2D eigenvalue weighted by Gasteiger charge is 2.44. The summed E-state index contributed by atoms with van der Waals surface area (Å²) >= 11 is 0. The molecule has 5 nitrogen and oxygen atoms in total. The van der Waals surface area contributed by atoms with Crippen LogP contribution in [0, 0.1) is 5.92 Å². The number of aryl methyl sites for hydroxylation is 1. The number of nitrogens with zero attached hydrogens (tertiary/aromatic N) is 2. The molecular formula is C15H25N3O2S. The normalized spacial score (nSPS) is 26.1. The van der Waals surface area contributed by atoms with E-state index in [0.717, 1.165) is 18.5 Å². The third-order valence-electron chi connectivity index (χ3n) is 4.74. The van der Waals surface area contributed by atoms with Crippen molar-refractivity contribution < 1.29 is 8.42 Å². The van der Waals surface area contributed by atoms with Crippen LogP contribution in [0.2, 0.25) is 0 Å². The lowest BCUT2D eigenvalue weighted by Crippen LogP contribution is -2.37. The van der Waals surface area contributed by atoms with E-state index in [4.69, 9.17) is 0 Å². The Hall–Kier alpha value is -0.850. The van der Waals surface area contributed by atoms with Crippen molar-refractivity contribution in [1.82, 2.24) is 14.2 Å². The van der Waals surface area contributed by atoms with Crippen molar-refractivity contribution in [1.29, 1.82) is 0 Å². The van der Waals surface area contributed by atoms with Crippen molar-refractivity contribution in [3.63, 3.8) is 0 Å². The van der Waals surface area contributed by atoms with Gasteiger partial charge >= 0.3 is 0 Å². The van der Waals surface area contributed by atoms with Gasteiger partial charge in [-0.25, -0.2) is 8.42 Å². The van der Waals surface area contributed by atoms with E-state index in [1.807, 2.05) is 17.7 Å². The molecule has 0 amide bonds. The van der Waals surface area contributed by atoms with Crippen LogP contribution in [0.15, 0.2) is 17.2 Å². The standard InChI is InChI=1S/C15H25N3O2S/c1-11(2)16-8-14-7-15(10-17(14)3)21(19,20)18-9-12-4-5-13(18)6-12/h7,10-13,16H,4-6,8-9H2,1-3H3. The molecule has 2 fully saturated rings. The number of sulfonamides is 1. The summed E-state index contributed by atoms with van der Waals surface area (Å²) in [5.41, 5.74) is 1.01. The van der Waals surface area contributed by atoms with Gasteiger partial charge in [-0.05, 0) is 31.2 Å². The van der Waals surface area contributed by atoms with Gasteiger partial charge in [0.2, 0.25) is 10.0 Å². The molecule has 21 heavy (non-hydrogen) atoms. The third-order valence-corrected chi connectivity index (χ3v) is 6.62. The van der Waals surface area contributed by atoms with Crippen molar-refractivity contribution in [2.45, 2.75) is 56.6 Å². The minimum absolute atomic E-state index is 0.234. The molecule has 1 aromatic rings. The number of fused-ring (bicyclic) bond motifs is 2. The Bertz CT molecular complexity index is 621. The van der Waals surface area contributed by atoms with Gasteiger partial charge in [-0.2, -0.15) is 4.31 Å². The Morgan fingerprint density at radius 2 is 2.14 bits per heavy atom. The van der Waals surface area contributed by atoms with Crippen molar-refractivity contribution in [2.75, 3.05) is 6.54 Å². The van der Waals surface area contributed by atoms with Crippen LogP contribution >= 0.6 is 0 Å². The Kier molecular flexibility index (Phi) is 3.88. The molecule has 2 aliphatic rings. The third kappa shape index (κ3) is 2.76. The Morgan fingerprint density at radius 1 is 1.38 bits per heavy atom. The molecule has 2 atom stereocenters. The number of hydrogen-bond acceptors (Lipinski definition) is 3. The first-order valence-corrected chi connectivity index (χ1v) is 9.22. The maximum Gasteiger partial charge on any atom is 0.244 e. The summed E-state index contributed by atoms with van der Waals surface area (Å²) in [5, 5.41) is 3.33. The summed E-state index contributed by atoms with van der Waals surface area (Å²) < 4.78 is 29.3. The van der Waals surface area contributed by atoms with E-state index >= 15 is 0 Å². The van der Waals surface area contributed by atoms with Gasteiger partial charge in [0, 0.05) is 44.1 Å². The minimum atomic E-state index is -3.33. The van der Waals surface area contributed by atoms with E-state index in [9.17, 15) is 8.42 Å². The first kappa shape index (κ1) is 15.1. The zero-order valence-corrected chi connectivity index (χ0v) is 13.9. The fourth-order valence-corrected chi connectivity index (χ4v) is 5.35. The second-order valence-electron chi connectivity index (χ2n) is 6.72. The number of aromatic nitrogens is 1. The minimum Gasteiger partial charge on any atom is -0.352 e. The largest absolute Gasteiger partial charge is 0.352 e. The molecule has 118 valence electrons. The maximum atomic E-state index is 12.8. The lowest BCUT2D eigenvalue weighted by atomic mass is 10.1. The van der Waals surface area contributed by atoms with Gasteiger partial charge in [0.1, 0.15) is 4.90 Å². The molecular weight excluding hydrogens is 286 g/mol. The Morgan fingerprint density at radius 3 is 2.71 bits per heavy atom. The molecule has 1 saturated carbocycles. The zero-order valence-electron chi connectivity index (χ0n) is 13.0. The van der Waals surface area contributed by atoms with Crippen LogP contribution in [0.25, 0.3) is 0 Å². The van der Waals surface area contributed by atoms with Gasteiger partial charge in [-0.3, -0.25) is 0 Å². The summed E-state index contributed by atoms with van der Waals surface area (Å²) in [4.78, 5) is 0.443. The van der Waals surface area contributed by atoms with Gasteiger partial charge in [0.05, 0.1) is 0 Å². The molecule has 1 aliphatic heterocycles. The first-order chi connectivity index (χ1) is 9.88. The van der Waals surface area contributed by atoms with Gasteiger partial charge < -0.3 is 9.88 Å². The van der Waals surface area contributed by atoms with E-state index in [1.165, 1.54) is 6.42 Å². The van der Waals surface area contributed by atoms with E-state index in [1.54, 1.807) is 10.5 Å². The maximum absolute atomic E-state index is 12.8. The highest BCUT2D eigenvalue weighted by molar-refractivity contribution is 7.89. The molecule has 0 aromatic carbocycles. The number of nitrogens with one attached hydrogen (secondary N) is 1. The van der Waals surface area contributed by atoms with Crippen molar-refractivity contribution in [3.8, 4) is 0 Å². The second kappa shape index (κ2) is 5.41. The Balaban J connectivity index is 1.81. The molecule has 0 spiro atoms. The molecule has 1 aromatic heterocycles. The number of hydrogen-bond donors (Lipinski definition) is 1. The molecule has 2 bridgehead atoms. The monoisotopic (exact) mass is 311 g/mol. The highest BCUT2D eigenvalue weighted by Crippen LogP contribution is 2.40. The molecule has 6 heteroatoms. The van der Waals surface area contributed by atoms with Gasteiger partial charge in [0.25, 0.3) is 0 Å². The van der Waals surface area contributed by atoms with E-state index in [0.29, 0.717) is 29.9 Å². The first-order valence-electron chi connectivity index (χ1n) is 7.78. The van der Waals surface area contributed by atoms with Crippen LogP contribution in [-0.2, 0) is 23.6 Å². The van der Waals surface area contributed by atoms with Gasteiger partial charge in [0.15, 0.2) is 0 Å². The number of rotatable bonds is 5. The lowest BCUT2D eigenvalue weighted by molar-refractivity contribution is 0.333. The average molecular weight is 311 g/mol. The highest BCUT2D eigenvalue weighted by atomic mass is 32.2. The summed E-state index contributed by atoms with van der Waals surface area (Å²) in [6.45, 7) is 5.57. The lowest BCUT2D eigenvalue weighted by Gasteiger charge is -2.25. The summed E-state index contributed by atoms with van der Waals surface area (Å²) in [6.07, 6.45) is 5.01. The van der Waals surface area contributed by atoms with E-state index in [2.05, 4.69) is 19.2 Å². The van der Waals surface area contributed by atoms with Crippen LogP contribution < -0.4 is 5.32 Å². The molecule has 1 saturated heterocycles. The quantitative estimate of drug-likeness (QED) is 0.900. The second-order valence-corrected chi connectivity index (χ2v) is 8.61. The molecule has 1 aliphatic carbocycles. The predicted octanol–water partition coefficient (Wildman–Crippen LogP) is 1.70. The number of piperidine rings is 1. The average Bonchev–Trinajstić information content (AvgIpc) is 3.11. The predicted molar refractivity (Wildman–Crippen MR) is 82.4 cm³/mol. The summed E-state index contributed by atoms with van der Waals surface area (Å²) in [7, 11) is -1.42. The van der Waals surface area contributed by atoms with Crippen LogP contribution in [0.5, 0.6) is 0 Å². The zero-order chi connectivity index (χ0) is 15.2. The summed E-state index contributed by atoms with van der Waals surface area (Å²) in [5.74, 6) is 0.579. The fourth-order valence-electron chi connectivity index (χ4n) is 3.51. The topological polar surface area (TPSA) is 54.3 Å². The summed E-state index contributed by atoms with van der Waals surface area (Å²) in [6, 6.07) is 2.43. The van der Waals surface area contributed by atoms with Crippen LogP contribution in [0.3, 0.4) is 0 Å². The van der Waals surface area contributed by atoms with Crippen molar-refractivity contribution in [2.24, 2.45) is 13.0 Å². The molecule has 0 radical (unpaired) electrons. The van der Waals surface area contributed by atoms with Crippen molar-refractivity contribution >= 4 is 10.0 Å².